The molecule has 1 aromatic carbocycles. The quantitative estimate of drug-likeness (QED) is 0.756. The van der Waals surface area contributed by atoms with E-state index in [2.05, 4.69) is 37.7 Å². The maximum absolute atomic E-state index is 11.0. The van der Waals surface area contributed by atoms with E-state index in [4.69, 9.17) is 0 Å². The zero-order valence-electron chi connectivity index (χ0n) is 10.3. The number of likely N-dealkylation sites (N-methyl/N-ethyl adjacent to an activating group) is 1. The van der Waals surface area contributed by atoms with Crippen LogP contribution in [0.5, 0.6) is 0 Å². The molecule has 94 valence electrons. The monoisotopic (exact) mass is 299 g/mol. The molecule has 0 fully saturated rings. The summed E-state index contributed by atoms with van der Waals surface area (Å²) in [6.45, 7) is 1.67. The molecule has 0 aromatic heterocycles. The van der Waals surface area contributed by atoms with Crippen LogP contribution in [0, 0.1) is 0 Å². The van der Waals surface area contributed by atoms with Crippen molar-refractivity contribution < 1.29 is 9.53 Å². The predicted octanol–water partition coefficient (Wildman–Crippen LogP) is 2.49. The molecule has 0 saturated heterocycles. The summed E-state index contributed by atoms with van der Waals surface area (Å²) in [4.78, 5) is 13.1. The largest absolute Gasteiger partial charge is 0.469 e. The van der Waals surface area contributed by atoms with Crippen molar-refractivity contribution in [1.82, 2.24) is 4.90 Å². The summed E-state index contributed by atoms with van der Waals surface area (Å²) < 4.78 is 5.71. The SMILES string of the molecule is COC(=O)CCN(C)CCc1cccc(Br)c1. The smallest absolute Gasteiger partial charge is 0.306 e. The van der Waals surface area contributed by atoms with Crippen LogP contribution in [-0.2, 0) is 16.0 Å². The first-order valence-electron chi connectivity index (χ1n) is 5.61. The number of benzene rings is 1. The summed E-state index contributed by atoms with van der Waals surface area (Å²) in [7, 11) is 3.44. The van der Waals surface area contributed by atoms with Gasteiger partial charge in [0.2, 0.25) is 0 Å². The molecule has 0 aliphatic carbocycles. The van der Waals surface area contributed by atoms with E-state index in [0.717, 1.165) is 24.0 Å². The van der Waals surface area contributed by atoms with Gasteiger partial charge in [-0.15, -0.1) is 0 Å². The molecule has 0 amide bonds. The van der Waals surface area contributed by atoms with Gasteiger partial charge in [-0.05, 0) is 31.2 Å². The van der Waals surface area contributed by atoms with Gasteiger partial charge in [0.25, 0.3) is 0 Å². The van der Waals surface area contributed by atoms with E-state index in [1.165, 1.54) is 12.7 Å². The highest BCUT2D eigenvalue weighted by Crippen LogP contribution is 2.12. The van der Waals surface area contributed by atoms with E-state index in [9.17, 15) is 4.79 Å². The Labute approximate surface area is 111 Å². The second-order valence-corrected chi connectivity index (χ2v) is 4.93. The van der Waals surface area contributed by atoms with E-state index in [1.54, 1.807) is 0 Å². The lowest BCUT2D eigenvalue weighted by molar-refractivity contribution is -0.140. The minimum absolute atomic E-state index is 0.153. The van der Waals surface area contributed by atoms with Crippen LogP contribution in [0.25, 0.3) is 0 Å². The zero-order valence-corrected chi connectivity index (χ0v) is 11.9. The Morgan fingerprint density at radius 2 is 2.18 bits per heavy atom. The van der Waals surface area contributed by atoms with Crippen LogP contribution in [0.4, 0.5) is 0 Å². The standard InChI is InChI=1S/C13H18BrNO2/c1-15(9-7-13(16)17-2)8-6-11-4-3-5-12(14)10-11/h3-5,10H,6-9H2,1-2H3. The number of nitrogens with zero attached hydrogens (tertiary/aromatic N) is 1. The molecule has 0 radical (unpaired) electrons. The third-order valence-electron chi connectivity index (χ3n) is 2.60. The third-order valence-corrected chi connectivity index (χ3v) is 3.09. The lowest BCUT2D eigenvalue weighted by atomic mass is 10.1. The summed E-state index contributed by atoms with van der Waals surface area (Å²) in [5, 5.41) is 0. The second-order valence-electron chi connectivity index (χ2n) is 4.01. The maximum atomic E-state index is 11.0. The Bertz CT molecular complexity index is 368. The van der Waals surface area contributed by atoms with Crippen LogP contribution in [0.3, 0.4) is 0 Å². The highest BCUT2D eigenvalue weighted by molar-refractivity contribution is 9.10. The van der Waals surface area contributed by atoms with Gasteiger partial charge in [-0.25, -0.2) is 0 Å². The number of hydrogen-bond donors (Lipinski definition) is 0. The van der Waals surface area contributed by atoms with E-state index in [-0.39, 0.29) is 5.97 Å². The Morgan fingerprint density at radius 1 is 1.41 bits per heavy atom. The van der Waals surface area contributed by atoms with Gasteiger partial charge in [-0.3, -0.25) is 4.79 Å². The number of carbonyl (C=O) groups is 1. The normalized spacial score (nSPS) is 10.6. The Hall–Kier alpha value is -0.870. The van der Waals surface area contributed by atoms with Crippen LogP contribution in [-0.4, -0.2) is 38.1 Å². The van der Waals surface area contributed by atoms with Gasteiger partial charge in [-0.1, -0.05) is 28.1 Å². The molecule has 0 bridgehead atoms. The fraction of sp³-hybridized carbons (Fsp3) is 0.462. The Kier molecular flexibility index (Phi) is 6.22. The summed E-state index contributed by atoms with van der Waals surface area (Å²) in [5.74, 6) is -0.153. The first-order valence-corrected chi connectivity index (χ1v) is 6.41. The van der Waals surface area contributed by atoms with Crippen molar-refractivity contribution in [1.29, 1.82) is 0 Å². The zero-order chi connectivity index (χ0) is 12.7. The highest BCUT2D eigenvalue weighted by atomic mass is 79.9. The molecular weight excluding hydrogens is 282 g/mol. The van der Waals surface area contributed by atoms with Gasteiger partial charge in [0.1, 0.15) is 0 Å². The first-order chi connectivity index (χ1) is 8.11. The van der Waals surface area contributed by atoms with Crippen molar-refractivity contribution in [3.63, 3.8) is 0 Å². The number of methoxy groups -OCH3 is 1. The molecular formula is C13H18BrNO2. The molecule has 0 atom stereocenters. The van der Waals surface area contributed by atoms with Crippen molar-refractivity contribution in [2.75, 3.05) is 27.2 Å². The lowest BCUT2D eigenvalue weighted by Gasteiger charge is -2.15. The minimum Gasteiger partial charge on any atom is -0.469 e. The van der Waals surface area contributed by atoms with Crippen LogP contribution >= 0.6 is 15.9 Å². The predicted molar refractivity (Wildman–Crippen MR) is 72.0 cm³/mol. The molecule has 1 rings (SSSR count). The number of ether oxygens (including phenoxy) is 1. The van der Waals surface area contributed by atoms with Crippen molar-refractivity contribution in [2.45, 2.75) is 12.8 Å². The summed E-state index contributed by atoms with van der Waals surface area (Å²) in [6.07, 6.45) is 1.43. The van der Waals surface area contributed by atoms with E-state index in [1.807, 2.05) is 19.2 Å². The second kappa shape index (κ2) is 7.45. The number of carbonyl (C=O) groups excluding carboxylic acids is 1. The fourth-order valence-electron chi connectivity index (χ4n) is 1.51. The summed E-state index contributed by atoms with van der Waals surface area (Å²) in [6, 6.07) is 8.28. The number of hydrogen-bond acceptors (Lipinski definition) is 3. The molecule has 0 heterocycles. The van der Waals surface area contributed by atoms with Crippen LogP contribution in [0.1, 0.15) is 12.0 Å². The molecule has 1 aromatic rings. The maximum Gasteiger partial charge on any atom is 0.306 e. The topological polar surface area (TPSA) is 29.5 Å². The van der Waals surface area contributed by atoms with Gasteiger partial charge in [-0.2, -0.15) is 0 Å². The summed E-state index contributed by atoms with van der Waals surface area (Å²) >= 11 is 3.45. The van der Waals surface area contributed by atoms with Gasteiger partial charge >= 0.3 is 5.97 Å². The van der Waals surface area contributed by atoms with Gasteiger partial charge in [0.05, 0.1) is 13.5 Å². The first kappa shape index (κ1) is 14.2. The summed E-state index contributed by atoms with van der Waals surface area (Å²) in [5.41, 5.74) is 1.30. The Morgan fingerprint density at radius 3 is 2.82 bits per heavy atom. The fourth-order valence-corrected chi connectivity index (χ4v) is 1.96. The molecule has 3 nitrogen and oxygen atoms in total. The molecule has 0 spiro atoms. The van der Waals surface area contributed by atoms with Gasteiger partial charge in [0.15, 0.2) is 0 Å². The lowest BCUT2D eigenvalue weighted by Crippen LogP contribution is -2.24. The molecule has 0 unspecified atom stereocenters. The Balaban J connectivity index is 2.28. The van der Waals surface area contributed by atoms with Crippen molar-refractivity contribution in [3.05, 3.63) is 34.3 Å². The highest BCUT2D eigenvalue weighted by Gasteiger charge is 2.04. The molecule has 0 saturated carbocycles. The van der Waals surface area contributed by atoms with E-state index in [0.29, 0.717) is 6.42 Å². The van der Waals surface area contributed by atoms with Crippen molar-refractivity contribution in [2.24, 2.45) is 0 Å². The molecule has 4 heteroatoms. The average molecular weight is 300 g/mol. The van der Waals surface area contributed by atoms with Gasteiger partial charge in [0, 0.05) is 17.6 Å². The van der Waals surface area contributed by atoms with Crippen molar-refractivity contribution >= 4 is 21.9 Å². The van der Waals surface area contributed by atoms with Crippen molar-refractivity contribution in [3.8, 4) is 0 Å². The third kappa shape index (κ3) is 5.84. The van der Waals surface area contributed by atoms with Gasteiger partial charge < -0.3 is 9.64 Å². The molecule has 0 N–H and O–H groups in total. The van der Waals surface area contributed by atoms with Crippen LogP contribution < -0.4 is 0 Å². The van der Waals surface area contributed by atoms with E-state index < -0.39 is 0 Å². The van der Waals surface area contributed by atoms with E-state index >= 15 is 0 Å². The molecule has 0 aliphatic rings. The molecule has 17 heavy (non-hydrogen) atoms. The number of esters is 1. The number of rotatable bonds is 6. The number of halogens is 1. The average Bonchev–Trinajstić information content (AvgIpc) is 2.33. The van der Waals surface area contributed by atoms with Crippen LogP contribution in [0.2, 0.25) is 0 Å². The van der Waals surface area contributed by atoms with Crippen LogP contribution in [0.15, 0.2) is 28.7 Å². The molecule has 0 aliphatic heterocycles. The minimum atomic E-state index is -0.153.